The van der Waals surface area contributed by atoms with E-state index in [4.69, 9.17) is 0 Å². The predicted molar refractivity (Wildman–Crippen MR) is 110 cm³/mol. The van der Waals surface area contributed by atoms with Gasteiger partial charge in [0, 0.05) is 19.3 Å². The number of fused-ring (bicyclic) bond motifs is 1. The van der Waals surface area contributed by atoms with Gasteiger partial charge in [-0.2, -0.15) is 0 Å². The highest BCUT2D eigenvalue weighted by Crippen LogP contribution is 2.36. The number of aliphatic hydroxyl groups is 1. The van der Waals surface area contributed by atoms with Gasteiger partial charge in [-0.15, -0.1) is 0 Å². The summed E-state index contributed by atoms with van der Waals surface area (Å²) in [5.74, 6) is 1.90. The van der Waals surface area contributed by atoms with Crippen molar-refractivity contribution in [1.29, 1.82) is 0 Å². The van der Waals surface area contributed by atoms with Crippen molar-refractivity contribution >= 4 is 0 Å². The van der Waals surface area contributed by atoms with Crippen molar-refractivity contribution in [1.82, 2.24) is 9.88 Å². The van der Waals surface area contributed by atoms with Crippen molar-refractivity contribution in [3.63, 3.8) is 0 Å². The molecule has 0 spiro atoms. The molecule has 0 radical (unpaired) electrons. The molecule has 3 nitrogen and oxygen atoms in total. The summed E-state index contributed by atoms with van der Waals surface area (Å²) in [5.41, 5.74) is 5.11. The van der Waals surface area contributed by atoms with Gasteiger partial charge < -0.3 is 10.0 Å². The van der Waals surface area contributed by atoms with Crippen LogP contribution in [0, 0.1) is 18.8 Å². The molecule has 1 aromatic heterocycles. The molecule has 1 aliphatic heterocycles. The zero-order chi connectivity index (χ0) is 18.8. The molecule has 1 aromatic carbocycles. The van der Waals surface area contributed by atoms with E-state index >= 15 is 0 Å². The lowest BCUT2D eigenvalue weighted by atomic mass is 9.79. The van der Waals surface area contributed by atoms with Crippen molar-refractivity contribution in [2.45, 2.75) is 51.6 Å². The average Bonchev–Trinajstić information content (AvgIpc) is 2.82. The van der Waals surface area contributed by atoms with Crippen LogP contribution in [-0.2, 0) is 6.42 Å². The molecule has 1 saturated heterocycles. The minimum absolute atomic E-state index is 0.407. The van der Waals surface area contributed by atoms with Gasteiger partial charge in [-0.3, -0.25) is 4.98 Å². The lowest BCUT2D eigenvalue weighted by Crippen LogP contribution is -2.41. The van der Waals surface area contributed by atoms with Crippen LogP contribution >= 0.6 is 0 Å². The lowest BCUT2D eigenvalue weighted by Gasteiger charge is -2.39. The Kier molecular flexibility index (Phi) is 5.60. The van der Waals surface area contributed by atoms with Crippen LogP contribution in [0.25, 0.3) is 0 Å². The van der Waals surface area contributed by atoms with Gasteiger partial charge in [0.05, 0.1) is 11.8 Å². The quantitative estimate of drug-likeness (QED) is 0.815. The van der Waals surface area contributed by atoms with Crippen molar-refractivity contribution in [3.8, 4) is 0 Å². The topological polar surface area (TPSA) is 36.4 Å². The number of nitrogens with zero attached hydrogens (tertiary/aromatic N) is 2. The second-order valence-electron chi connectivity index (χ2n) is 8.69. The summed E-state index contributed by atoms with van der Waals surface area (Å²) in [6.45, 7) is 8.09. The van der Waals surface area contributed by atoms with E-state index in [1.165, 1.54) is 29.7 Å². The number of hydrogen-bond donors (Lipinski definition) is 1. The number of benzene rings is 1. The fourth-order valence-corrected chi connectivity index (χ4v) is 5.26. The zero-order valence-corrected chi connectivity index (χ0v) is 16.6. The van der Waals surface area contributed by atoms with Gasteiger partial charge in [0.15, 0.2) is 0 Å². The molecular formula is C24H32N2O. The van der Waals surface area contributed by atoms with Crippen LogP contribution in [0.3, 0.4) is 0 Å². The largest absolute Gasteiger partial charge is 0.387 e. The Bertz CT molecular complexity index is 774. The highest BCUT2D eigenvalue weighted by Gasteiger charge is 2.31. The molecule has 3 heteroatoms. The Morgan fingerprint density at radius 3 is 2.81 bits per heavy atom. The van der Waals surface area contributed by atoms with Gasteiger partial charge in [0.25, 0.3) is 0 Å². The molecular weight excluding hydrogens is 332 g/mol. The first kappa shape index (κ1) is 18.6. The molecule has 0 amide bonds. The van der Waals surface area contributed by atoms with E-state index in [2.05, 4.69) is 54.1 Å². The lowest BCUT2D eigenvalue weighted by molar-refractivity contribution is 0.101. The van der Waals surface area contributed by atoms with Crippen LogP contribution < -0.4 is 0 Å². The summed E-state index contributed by atoms with van der Waals surface area (Å²) in [6, 6.07) is 13.0. The molecule has 2 aromatic rings. The molecule has 2 unspecified atom stereocenters. The molecule has 1 N–H and O–H groups in total. The predicted octanol–water partition coefficient (Wildman–Crippen LogP) is 4.50. The third-order valence-corrected chi connectivity index (χ3v) is 6.71. The standard InChI is InChI=1S/C24H32N2O/c1-17-6-3-4-8-21(17)22-11-13-26(15-18(22)2)16-19-9-10-20-7-5-12-25-24(20)23(27)14-19/h3-8,12,18-19,22-23,27H,9-11,13-16H2,1-2H3/t18?,19-,22?,23+/m1/s1. The van der Waals surface area contributed by atoms with E-state index in [0.717, 1.165) is 38.0 Å². The van der Waals surface area contributed by atoms with Gasteiger partial charge in [-0.05, 0) is 79.7 Å². The first-order chi connectivity index (χ1) is 13.1. The number of piperidine rings is 1. The van der Waals surface area contributed by atoms with E-state index in [9.17, 15) is 5.11 Å². The Labute approximate surface area is 163 Å². The molecule has 27 heavy (non-hydrogen) atoms. The Morgan fingerprint density at radius 1 is 1.15 bits per heavy atom. The van der Waals surface area contributed by atoms with Gasteiger partial charge in [0.2, 0.25) is 0 Å². The molecule has 1 fully saturated rings. The normalized spacial score (nSPS) is 29.1. The number of likely N-dealkylation sites (tertiary alicyclic amines) is 1. The van der Waals surface area contributed by atoms with Crippen molar-refractivity contribution < 1.29 is 5.11 Å². The average molecular weight is 365 g/mol. The van der Waals surface area contributed by atoms with Crippen LogP contribution in [0.5, 0.6) is 0 Å². The molecule has 4 atom stereocenters. The highest BCUT2D eigenvalue weighted by molar-refractivity contribution is 5.30. The Balaban J connectivity index is 1.37. The minimum atomic E-state index is -0.407. The van der Waals surface area contributed by atoms with Gasteiger partial charge >= 0.3 is 0 Å². The number of aliphatic hydroxyl groups excluding tert-OH is 1. The van der Waals surface area contributed by atoms with Crippen LogP contribution in [-0.4, -0.2) is 34.6 Å². The zero-order valence-electron chi connectivity index (χ0n) is 16.6. The van der Waals surface area contributed by atoms with Gasteiger partial charge in [-0.1, -0.05) is 37.3 Å². The van der Waals surface area contributed by atoms with Crippen LogP contribution in [0.15, 0.2) is 42.6 Å². The summed E-state index contributed by atoms with van der Waals surface area (Å²) in [6.07, 6.45) is 5.68. The van der Waals surface area contributed by atoms with Crippen LogP contribution in [0.2, 0.25) is 0 Å². The van der Waals surface area contributed by atoms with Crippen molar-refractivity contribution in [2.75, 3.05) is 19.6 Å². The Hall–Kier alpha value is -1.71. The van der Waals surface area contributed by atoms with E-state index in [0.29, 0.717) is 17.8 Å². The van der Waals surface area contributed by atoms with Crippen molar-refractivity contribution in [2.24, 2.45) is 11.8 Å². The van der Waals surface area contributed by atoms with E-state index in [-0.39, 0.29) is 0 Å². The number of hydrogen-bond acceptors (Lipinski definition) is 3. The maximum atomic E-state index is 10.6. The second kappa shape index (κ2) is 8.12. The number of aromatic nitrogens is 1. The third kappa shape index (κ3) is 4.09. The number of pyridine rings is 1. The van der Waals surface area contributed by atoms with E-state index < -0.39 is 6.10 Å². The summed E-state index contributed by atoms with van der Waals surface area (Å²) < 4.78 is 0. The molecule has 4 rings (SSSR count). The Morgan fingerprint density at radius 2 is 2.00 bits per heavy atom. The summed E-state index contributed by atoms with van der Waals surface area (Å²) in [5, 5.41) is 10.6. The highest BCUT2D eigenvalue weighted by atomic mass is 16.3. The summed E-state index contributed by atoms with van der Waals surface area (Å²) in [7, 11) is 0. The fourth-order valence-electron chi connectivity index (χ4n) is 5.26. The first-order valence-electron chi connectivity index (χ1n) is 10.5. The molecule has 2 aliphatic rings. The minimum Gasteiger partial charge on any atom is -0.387 e. The molecule has 144 valence electrons. The molecule has 1 aliphatic carbocycles. The molecule has 2 heterocycles. The van der Waals surface area contributed by atoms with E-state index in [1.54, 1.807) is 6.20 Å². The van der Waals surface area contributed by atoms with Crippen LogP contribution in [0.1, 0.15) is 60.6 Å². The number of rotatable bonds is 3. The summed E-state index contributed by atoms with van der Waals surface area (Å²) in [4.78, 5) is 7.08. The monoisotopic (exact) mass is 364 g/mol. The van der Waals surface area contributed by atoms with E-state index in [1.807, 2.05) is 6.07 Å². The first-order valence-corrected chi connectivity index (χ1v) is 10.5. The van der Waals surface area contributed by atoms with Crippen molar-refractivity contribution in [3.05, 3.63) is 65.0 Å². The number of aryl methyl sites for hydroxylation is 2. The van der Waals surface area contributed by atoms with Crippen LogP contribution in [0.4, 0.5) is 0 Å². The maximum absolute atomic E-state index is 10.6. The summed E-state index contributed by atoms with van der Waals surface area (Å²) >= 11 is 0. The molecule has 0 bridgehead atoms. The smallest absolute Gasteiger partial charge is 0.0965 e. The molecule has 0 saturated carbocycles. The fraction of sp³-hybridized carbons (Fsp3) is 0.542. The van der Waals surface area contributed by atoms with Gasteiger partial charge in [0.1, 0.15) is 0 Å². The second-order valence-corrected chi connectivity index (χ2v) is 8.69. The maximum Gasteiger partial charge on any atom is 0.0965 e. The van der Waals surface area contributed by atoms with Gasteiger partial charge in [-0.25, -0.2) is 0 Å². The SMILES string of the molecule is Cc1ccccc1C1CCN(C[C@@H]2CCc3cccnc3[C@@H](O)C2)CC1C. The third-order valence-electron chi connectivity index (χ3n) is 6.71.